The Bertz CT molecular complexity index is 833. The topological polar surface area (TPSA) is 0 Å². The van der Waals surface area contributed by atoms with E-state index in [-0.39, 0.29) is 0 Å². The van der Waals surface area contributed by atoms with Gasteiger partial charge in [0, 0.05) is 0 Å². The van der Waals surface area contributed by atoms with Gasteiger partial charge in [0.05, 0.1) is 0 Å². The Hall–Kier alpha value is -2.08. The van der Waals surface area contributed by atoms with Crippen molar-refractivity contribution in [3.63, 3.8) is 0 Å². The molecule has 1 aromatic rings. The van der Waals surface area contributed by atoms with E-state index in [4.69, 9.17) is 0 Å². The molecule has 0 saturated heterocycles. The molecule has 0 bridgehead atoms. The average Bonchev–Trinajstić information content (AvgIpc) is 2.67. The van der Waals surface area contributed by atoms with E-state index in [0.717, 1.165) is 17.9 Å². The zero-order chi connectivity index (χ0) is 21.6. The molecular weight excluding hydrogens is 348 g/mol. The van der Waals surface area contributed by atoms with Gasteiger partial charge in [-0.05, 0) is 93.6 Å². The maximum Gasteiger partial charge on any atom is -0.00581 e. The molecule has 0 spiro atoms. The predicted molar refractivity (Wildman–Crippen MR) is 131 cm³/mol. The summed E-state index contributed by atoms with van der Waals surface area (Å²) < 4.78 is 0. The summed E-state index contributed by atoms with van der Waals surface area (Å²) in [5, 5.41) is 0. The molecule has 29 heavy (non-hydrogen) atoms. The van der Waals surface area contributed by atoms with Gasteiger partial charge in [0.1, 0.15) is 0 Å². The van der Waals surface area contributed by atoms with E-state index in [9.17, 15) is 0 Å². The highest BCUT2D eigenvalue weighted by molar-refractivity contribution is 5.76. The maximum absolute atomic E-state index is 4.57. The van der Waals surface area contributed by atoms with Crippen LogP contribution in [0.25, 0.3) is 5.57 Å². The number of benzene rings is 1. The van der Waals surface area contributed by atoms with Gasteiger partial charge in [0.25, 0.3) is 0 Å². The van der Waals surface area contributed by atoms with Crippen LogP contribution >= 0.6 is 0 Å². The molecule has 0 nitrogen and oxygen atoms in total. The largest absolute Gasteiger partial charge is 0.0992 e. The number of aryl methyl sites for hydroxylation is 2. The molecule has 0 N–H and O–H groups in total. The summed E-state index contributed by atoms with van der Waals surface area (Å²) in [5.74, 6) is 1.54. The van der Waals surface area contributed by atoms with E-state index in [1.54, 1.807) is 0 Å². The molecule has 1 saturated carbocycles. The molecule has 1 aliphatic rings. The second kappa shape index (κ2) is 10.6. The predicted octanol–water partition coefficient (Wildman–Crippen LogP) is 8.93. The Morgan fingerprint density at radius 3 is 2.24 bits per heavy atom. The van der Waals surface area contributed by atoms with Crippen LogP contribution in [0.15, 0.2) is 71.9 Å². The molecule has 2 rings (SSSR count). The van der Waals surface area contributed by atoms with E-state index >= 15 is 0 Å². The molecule has 1 fully saturated rings. The quantitative estimate of drug-likeness (QED) is 0.323. The third kappa shape index (κ3) is 6.46. The summed E-state index contributed by atoms with van der Waals surface area (Å²) in [7, 11) is 0. The van der Waals surface area contributed by atoms with E-state index in [1.807, 2.05) is 6.92 Å². The minimum absolute atomic E-state index is 0.666. The molecular formula is C29H40. The Balaban J connectivity index is 2.45. The Kier molecular flexibility index (Phi) is 8.50. The van der Waals surface area contributed by atoms with Crippen molar-refractivity contribution in [2.75, 3.05) is 0 Å². The minimum atomic E-state index is 0.666. The lowest BCUT2D eigenvalue weighted by atomic mass is 9.76. The number of hydrogen-bond acceptors (Lipinski definition) is 0. The van der Waals surface area contributed by atoms with Crippen LogP contribution in [0.5, 0.6) is 0 Å². The van der Waals surface area contributed by atoms with Crippen molar-refractivity contribution in [1.82, 2.24) is 0 Å². The standard InChI is InChI=1S/C29H40/c1-9-26(14-10-20(2)3)25(8)29(28-17-13-22(5)18-24(28)7)19-23(6)27-15-11-21(4)12-16-27/h9-10,13-14,17-18,21,27H,2,6,11-12,15-16,19H2,1,3-5,7-8H3/b14-10-,26-9+,29-25-. The second-order valence-corrected chi connectivity index (χ2v) is 9.14. The zero-order valence-corrected chi connectivity index (χ0v) is 19.6. The van der Waals surface area contributed by atoms with Gasteiger partial charge in [-0.1, -0.05) is 86.1 Å². The second-order valence-electron chi connectivity index (χ2n) is 9.14. The van der Waals surface area contributed by atoms with Gasteiger partial charge < -0.3 is 0 Å². The summed E-state index contributed by atoms with van der Waals surface area (Å²) in [6.45, 7) is 21.8. The van der Waals surface area contributed by atoms with Crippen LogP contribution in [-0.4, -0.2) is 0 Å². The van der Waals surface area contributed by atoms with Crippen molar-refractivity contribution in [3.05, 3.63) is 88.6 Å². The molecule has 1 aromatic carbocycles. The number of allylic oxidation sites excluding steroid dienone is 8. The Morgan fingerprint density at radius 1 is 1.03 bits per heavy atom. The van der Waals surface area contributed by atoms with Crippen LogP contribution in [0.4, 0.5) is 0 Å². The maximum atomic E-state index is 4.57. The van der Waals surface area contributed by atoms with Crippen LogP contribution in [0.1, 0.15) is 76.5 Å². The van der Waals surface area contributed by atoms with Crippen molar-refractivity contribution < 1.29 is 0 Å². The molecule has 0 radical (unpaired) electrons. The lowest BCUT2D eigenvalue weighted by molar-refractivity contribution is 0.319. The van der Waals surface area contributed by atoms with Gasteiger partial charge in [0.15, 0.2) is 0 Å². The summed E-state index contributed by atoms with van der Waals surface area (Å²) >= 11 is 0. The molecule has 0 aliphatic heterocycles. The fourth-order valence-electron chi connectivity index (χ4n) is 4.47. The van der Waals surface area contributed by atoms with Crippen LogP contribution in [0, 0.1) is 25.7 Å². The van der Waals surface area contributed by atoms with Crippen molar-refractivity contribution in [3.8, 4) is 0 Å². The fraction of sp³-hybridized carbons (Fsp3) is 0.448. The Labute approximate surface area is 179 Å². The first-order valence-corrected chi connectivity index (χ1v) is 11.2. The molecule has 0 heterocycles. The van der Waals surface area contributed by atoms with Crippen molar-refractivity contribution in [1.29, 1.82) is 0 Å². The summed E-state index contributed by atoms with van der Waals surface area (Å²) in [6, 6.07) is 6.84. The molecule has 1 aliphatic carbocycles. The molecule has 0 unspecified atom stereocenters. The summed E-state index contributed by atoms with van der Waals surface area (Å²) in [4.78, 5) is 0. The highest BCUT2D eigenvalue weighted by Crippen LogP contribution is 2.39. The summed E-state index contributed by atoms with van der Waals surface area (Å²) in [5.41, 5.74) is 10.6. The van der Waals surface area contributed by atoms with Crippen molar-refractivity contribution in [2.45, 2.75) is 73.6 Å². The Morgan fingerprint density at radius 2 is 1.69 bits per heavy atom. The molecule has 0 aromatic heterocycles. The monoisotopic (exact) mass is 388 g/mol. The smallest absolute Gasteiger partial charge is 0.00581 e. The first-order chi connectivity index (χ1) is 13.7. The van der Waals surface area contributed by atoms with E-state index in [2.05, 4.69) is 84.2 Å². The van der Waals surface area contributed by atoms with Crippen molar-refractivity contribution >= 4 is 5.57 Å². The van der Waals surface area contributed by atoms with Gasteiger partial charge in [-0.3, -0.25) is 0 Å². The fourth-order valence-corrected chi connectivity index (χ4v) is 4.47. The van der Waals surface area contributed by atoms with Gasteiger partial charge >= 0.3 is 0 Å². The zero-order valence-electron chi connectivity index (χ0n) is 19.6. The lowest BCUT2D eigenvalue weighted by Crippen LogP contribution is -2.14. The van der Waals surface area contributed by atoms with E-state index in [1.165, 1.54) is 64.7 Å². The lowest BCUT2D eigenvalue weighted by Gasteiger charge is -2.29. The number of rotatable bonds is 7. The third-order valence-electron chi connectivity index (χ3n) is 6.45. The molecule has 0 heteroatoms. The normalized spacial score (nSPS) is 21.2. The van der Waals surface area contributed by atoms with Gasteiger partial charge in [-0.25, -0.2) is 0 Å². The SMILES string of the molecule is C=C(C)\C=C/C(=C\C)C(/C)=C(/CC(=C)C1CCC(C)CC1)c1ccc(C)cc1C. The van der Waals surface area contributed by atoms with Gasteiger partial charge in [-0.2, -0.15) is 0 Å². The molecule has 0 amide bonds. The van der Waals surface area contributed by atoms with Crippen LogP contribution < -0.4 is 0 Å². The third-order valence-corrected chi connectivity index (χ3v) is 6.45. The highest BCUT2D eigenvalue weighted by Gasteiger charge is 2.22. The van der Waals surface area contributed by atoms with Crippen LogP contribution in [0.3, 0.4) is 0 Å². The van der Waals surface area contributed by atoms with Gasteiger partial charge in [-0.15, -0.1) is 0 Å². The number of hydrogen-bond donors (Lipinski definition) is 0. The highest BCUT2D eigenvalue weighted by atomic mass is 14.3. The van der Waals surface area contributed by atoms with E-state index < -0.39 is 0 Å². The minimum Gasteiger partial charge on any atom is -0.0992 e. The van der Waals surface area contributed by atoms with Crippen molar-refractivity contribution in [2.24, 2.45) is 11.8 Å². The van der Waals surface area contributed by atoms with Crippen LogP contribution in [-0.2, 0) is 0 Å². The first-order valence-electron chi connectivity index (χ1n) is 11.2. The first kappa shape index (κ1) is 23.2. The van der Waals surface area contributed by atoms with Gasteiger partial charge in [0.2, 0.25) is 0 Å². The van der Waals surface area contributed by atoms with E-state index in [0.29, 0.717) is 5.92 Å². The average molecular weight is 389 g/mol. The molecule has 0 atom stereocenters. The molecule has 156 valence electrons. The van der Waals surface area contributed by atoms with Crippen LogP contribution in [0.2, 0.25) is 0 Å². The summed E-state index contributed by atoms with van der Waals surface area (Å²) in [6.07, 6.45) is 12.8.